The highest BCUT2D eigenvalue weighted by Gasteiger charge is 2.06. The van der Waals surface area contributed by atoms with E-state index < -0.39 is 0 Å². The number of guanidine groups is 1. The van der Waals surface area contributed by atoms with E-state index in [0.717, 1.165) is 17.8 Å². The van der Waals surface area contributed by atoms with E-state index in [-0.39, 0.29) is 5.91 Å². The van der Waals surface area contributed by atoms with Crippen LogP contribution in [0.25, 0.3) is 0 Å². The fourth-order valence-corrected chi connectivity index (χ4v) is 2.19. The van der Waals surface area contributed by atoms with E-state index in [1.54, 1.807) is 6.07 Å². The van der Waals surface area contributed by atoms with Gasteiger partial charge in [-0.15, -0.1) is 0 Å². The van der Waals surface area contributed by atoms with Gasteiger partial charge in [0, 0.05) is 24.3 Å². The molecular weight excluding hydrogens is 314 g/mol. The molecule has 0 aliphatic heterocycles. The van der Waals surface area contributed by atoms with E-state index in [1.807, 2.05) is 67.5 Å². The van der Waals surface area contributed by atoms with Crippen molar-refractivity contribution in [2.45, 2.75) is 6.54 Å². The lowest BCUT2D eigenvalue weighted by atomic mass is 10.1. The number of rotatable bonds is 7. The van der Waals surface area contributed by atoms with Crippen LogP contribution in [-0.4, -0.2) is 44.0 Å². The summed E-state index contributed by atoms with van der Waals surface area (Å²) in [5.41, 5.74) is 8.34. The maximum absolute atomic E-state index is 12.2. The Hall–Kier alpha value is -2.86. The van der Waals surface area contributed by atoms with Crippen LogP contribution in [0, 0.1) is 0 Å². The van der Waals surface area contributed by atoms with Crippen LogP contribution in [0.1, 0.15) is 15.9 Å². The van der Waals surface area contributed by atoms with Gasteiger partial charge in [0.2, 0.25) is 0 Å². The number of aliphatic imine (C=N–C) groups is 1. The number of hydrogen-bond acceptors (Lipinski definition) is 3. The minimum atomic E-state index is -0.0805. The number of nitrogens with one attached hydrogen (secondary N) is 2. The number of likely N-dealkylation sites (N-methyl/N-ethyl adjacent to an activating group) is 1. The Labute approximate surface area is 148 Å². The van der Waals surface area contributed by atoms with Gasteiger partial charge in [0.05, 0.1) is 6.54 Å². The van der Waals surface area contributed by atoms with Gasteiger partial charge in [-0.25, -0.2) is 4.99 Å². The number of amides is 1. The fraction of sp³-hybridized carbons (Fsp3) is 0.263. The van der Waals surface area contributed by atoms with Crippen molar-refractivity contribution in [2.75, 3.05) is 32.5 Å². The Bertz CT molecular complexity index is 713. The number of anilines is 1. The van der Waals surface area contributed by atoms with E-state index in [4.69, 9.17) is 5.73 Å². The molecule has 0 saturated heterocycles. The molecule has 4 N–H and O–H groups in total. The van der Waals surface area contributed by atoms with Crippen LogP contribution < -0.4 is 16.4 Å². The average molecular weight is 339 g/mol. The number of para-hydroxylation sites is 1. The lowest BCUT2D eigenvalue weighted by Gasteiger charge is -2.11. The highest BCUT2D eigenvalue weighted by atomic mass is 16.1. The second-order valence-corrected chi connectivity index (χ2v) is 5.95. The van der Waals surface area contributed by atoms with Gasteiger partial charge in [-0.1, -0.05) is 30.3 Å². The minimum Gasteiger partial charge on any atom is -0.370 e. The molecule has 0 aromatic heterocycles. The first-order valence-corrected chi connectivity index (χ1v) is 8.18. The summed E-state index contributed by atoms with van der Waals surface area (Å²) in [7, 11) is 3.94. The van der Waals surface area contributed by atoms with Crippen LogP contribution in [0.4, 0.5) is 5.69 Å². The molecule has 132 valence electrons. The fourth-order valence-electron chi connectivity index (χ4n) is 2.19. The van der Waals surface area contributed by atoms with E-state index in [2.05, 4.69) is 15.6 Å². The van der Waals surface area contributed by atoms with Gasteiger partial charge < -0.3 is 21.3 Å². The van der Waals surface area contributed by atoms with Gasteiger partial charge in [-0.05, 0) is 43.9 Å². The first kappa shape index (κ1) is 18.5. The molecule has 0 bridgehead atoms. The summed E-state index contributed by atoms with van der Waals surface area (Å²) < 4.78 is 0. The van der Waals surface area contributed by atoms with Crippen LogP contribution in [0.5, 0.6) is 0 Å². The maximum atomic E-state index is 12.2. The lowest BCUT2D eigenvalue weighted by molar-refractivity contribution is 0.0951. The average Bonchev–Trinajstić information content (AvgIpc) is 2.61. The Morgan fingerprint density at radius 3 is 2.60 bits per heavy atom. The molecule has 0 spiro atoms. The summed E-state index contributed by atoms with van der Waals surface area (Å²) in [4.78, 5) is 18.5. The number of carbonyl (C=O) groups excluding carboxylic acids is 1. The highest BCUT2D eigenvalue weighted by molar-refractivity contribution is 5.94. The van der Waals surface area contributed by atoms with Gasteiger partial charge in [0.25, 0.3) is 5.91 Å². The van der Waals surface area contributed by atoms with Crippen molar-refractivity contribution in [3.63, 3.8) is 0 Å². The topological polar surface area (TPSA) is 82.8 Å². The largest absolute Gasteiger partial charge is 0.370 e. The van der Waals surface area contributed by atoms with E-state index >= 15 is 0 Å². The van der Waals surface area contributed by atoms with Gasteiger partial charge >= 0.3 is 0 Å². The molecule has 25 heavy (non-hydrogen) atoms. The predicted octanol–water partition coefficient (Wildman–Crippen LogP) is 1.90. The summed E-state index contributed by atoms with van der Waals surface area (Å²) in [5.74, 6) is 0.259. The van der Waals surface area contributed by atoms with Crippen molar-refractivity contribution in [3.05, 3.63) is 65.7 Å². The molecule has 6 nitrogen and oxygen atoms in total. The zero-order valence-electron chi connectivity index (χ0n) is 14.7. The van der Waals surface area contributed by atoms with Crippen LogP contribution in [0.15, 0.2) is 59.6 Å². The van der Waals surface area contributed by atoms with Crippen molar-refractivity contribution in [1.82, 2.24) is 10.2 Å². The Kier molecular flexibility index (Phi) is 6.98. The van der Waals surface area contributed by atoms with Crippen LogP contribution in [0.2, 0.25) is 0 Å². The molecule has 0 heterocycles. The quantitative estimate of drug-likeness (QED) is 0.531. The van der Waals surface area contributed by atoms with Crippen molar-refractivity contribution in [1.29, 1.82) is 0 Å². The number of benzene rings is 2. The molecule has 0 atom stereocenters. The van der Waals surface area contributed by atoms with Gasteiger partial charge in [0.15, 0.2) is 5.96 Å². The maximum Gasteiger partial charge on any atom is 0.251 e. The van der Waals surface area contributed by atoms with Gasteiger partial charge in [0.1, 0.15) is 0 Å². The smallest absolute Gasteiger partial charge is 0.251 e. The van der Waals surface area contributed by atoms with Gasteiger partial charge in [-0.2, -0.15) is 0 Å². The Balaban J connectivity index is 1.92. The van der Waals surface area contributed by atoms with Gasteiger partial charge in [-0.3, -0.25) is 4.79 Å². The monoisotopic (exact) mass is 339 g/mol. The van der Waals surface area contributed by atoms with Crippen LogP contribution >= 0.6 is 0 Å². The predicted molar refractivity (Wildman–Crippen MR) is 103 cm³/mol. The first-order chi connectivity index (χ1) is 12.0. The summed E-state index contributed by atoms with van der Waals surface area (Å²) in [6.45, 7) is 1.82. The lowest BCUT2D eigenvalue weighted by Crippen LogP contribution is -2.31. The van der Waals surface area contributed by atoms with Crippen molar-refractivity contribution >= 4 is 17.6 Å². The number of hydrogen-bond donors (Lipinski definition) is 3. The zero-order chi connectivity index (χ0) is 18.1. The molecule has 2 aromatic rings. The third kappa shape index (κ3) is 6.64. The first-order valence-electron chi connectivity index (χ1n) is 8.18. The van der Waals surface area contributed by atoms with Crippen molar-refractivity contribution < 1.29 is 4.79 Å². The highest BCUT2D eigenvalue weighted by Crippen LogP contribution is 2.08. The number of carbonyl (C=O) groups is 1. The Morgan fingerprint density at radius 1 is 1.12 bits per heavy atom. The summed E-state index contributed by atoms with van der Waals surface area (Å²) >= 11 is 0. The summed E-state index contributed by atoms with van der Waals surface area (Å²) in [5, 5.41) is 5.93. The molecule has 0 radical (unpaired) electrons. The van der Waals surface area contributed by atoms with Crippen LogP contribution in [0.3, 0.4) is 0 Å². The molecule has 6 heteroatoms. The normalized spacial score (nSPS) is 11.4. The van der Waals surface area contributed by atoms with E-state index in [1.165, 1.54) is 0 Å². The summed E-state index contributed by atoms with van der Waals surface area (Å²) in [6, 6.07) is 17.0. The molecule has 0 unspecified atom stereocenters. The molecule has 0 aliphatic rings. The van der Waals surface area contributed by atoms with Crippen molar-refractivity contribution in [3.8, 4) is 0 Å². The second kappa shape index (κ2) is 9.44. The third-order valence-electron chi connectivity index (χ3n) is 3.51. The van der Waals surface area contributed by atoms with E-state index in [9.17, 15) is 4.79 Å². The van der Waals surface area contributed by atoms with Crippen LogP contribution in [-0.2, 0) is 6.54 Å². The summed E-state index contributed by atoms with van der Waals surface area (Å²) in [6.07, 6.45) is 0. The minimum absolute atomic E-state index is 0.0805. The molecule has 2 aromatic carbocycles. The Morgan fingerprint density at radius 2 is 1.88 bits per heavy atom. The molecule has 0 saturated carbocycles. The van der Waals surface area contributed by atoms with E-state index in [0.29, 0.717) is 24.6 Å². The molecule has 2 rings (SSSR count). The molecular formula is C19H25N5O. The standard InChI is InChI=1S/C19H25N5O/c1-24(2)12-11-21-18(25)16-8-6-7-15(13-16)14-22-19(20)23-17-9-4-3-5-10-17/h3-10,13H,11-12,14H2,1-2H3,(H,21,25)(H3,20,22,23). The van der Waals surface area contributed by atoms with Crippen molar-refractivity contribution in [2.24, 2.45) is 10.7 Å². The molecule has 0 aliphatic carbocycles. The molecule has 0 fully saturated rings. The third-order valence-corrected chi connectivity index (χ3v) is 3.51. The second-order valence-electron chi connectivity index (χ2n) is 5.95. The zero-order valence-corrected chi connectivity index (χ0v) is 14.7. The number of nitrogens with zero attached hydrogens (tertiary/aromatic N) is 2. The molecule has 1 amide bonds. The SMILES string of the molecule is CN(C)CCNC(=O)c1cccc(CN=C(N)Nc2ccccc2)c1. The number of nitrogens with two attached hydrogens (primary N) is 1.